The van der Waals surface area contributed by atoms with Crippen molar-refractivity contribution < 1.29 is 19.1 Å². The molecule has 0 amide bonds. The van der Waals surface area contributed by atoms with Crippen LogP contribution in [0.25, 0.3) is 11.5 Å². The van der Waals surface area contributed by atoms with Crippen LogP contribution in [0.3, 0.4) is 0 Å². The zero-order chi connectivity index (χ0) is 15.6. The first-order valence-corrected chi connectivity index (χ1v) is 6.61. The Kier molecular flexibility index (Phi) is 4.18. The molecular weight excluding hydrogens is 272 g/mol. The number of phenolic OH excluding ortho intramolecular Hbond substituents is 1. The smallest absolute Gasteiger partial charge is 0.261 e. The Bertz CT molecular complexity index is 616. The standard InChI is InChI=1S/C15H20N2O4/c1-15(2,3)12(20-5)13-16-14(21-17-13)9-7-6-8-10(19-4)11(9)18/h6-8,12,18H,1-5H3. The van der Waals surface area contributed by atoms with Gasteiger partial charge in [-0.1, -0.05) is 32.0 Å². The van der Waals surface area contributed by atoms with Crippen LogP contribution in [0.4, 0.5) is 0 Å². The largest absolute Gasteiger partial charge is 0.504 e. The number of aromatic nitrogens is 2. The maximum Gasteiger partial charge on any atom is 0.261 e. The zero-order valence-electron chi connectivity index (χ0n) is 12.9. The molecular formula is C15H20N2O4. The van der Waals surface area contributed by atoms with Crippen LogP contribution in [0, 0.1) is 5.41 Å². The molecule has 0 radical (unpaired) electrons. The summed E-state index contributed by atoms with van der Waals surface area (Å²) in [6.45, 7) is 6.08. The van der Waals surface area contributed by atoms with Crippen molar-refractivity contribution in [2.45, 2.75) is 26.9 Å². The number of methoxy groups -OCH3 is 2. The quantitative estimate of drug-likeness (QED) is 0.932. The van der Waals surface area contributed by atoms with Gasteiger partial charge in [-0.2, -0.15) is 4.98 Å². The lowest BCUT2D eigenvalue weighted by Gasteiger charge is -2.26. The van der Waals surface area contributed by atoms with Crippen LogP contribution in [0.1, 0.15) is 32.7 Å². The van der Waals surface area contributed by atoms with Crippen molar-refractivity contribution in [3.63, 3.8) is 0 Å². The van der Waals surface area contributed by atoms with Crippen LogP contribution < -0.4 is 4.74 Å². The van der Waals surface area contributed by atoms with Gasteiger partial charge in [0.25, 0.3) is 5.89 Å². The first-order valence-electron chi connectivity index (χ1n) is 6.61. The average molecular weight is 292 g/mol. The van der Waals surface area contributed by atoms with Gasteiger partial charge in [-0.25, -0.2) is 0 Å². The number of rotatable bonds is 4. The second-order valence-corrected chi connectivity index (χ2v) is 5.80. The zero-order valence-corrected chi connectivity index (χ0v) is 12.9. The highest BCUT2D eigenvalue weighted by Gasteiger charge is 2.31. The Hall–Kier alpha value is -2.08. The molecule has 0 aliphatic rings. The van der Waals surface area contributed by atoms with Gasteiger partial charge in [-0.3, -0.25) is 0 Å². The van der Waals surface area contributed by atoms with Crippen molar-refractivity contribution in [2.24, 2.45) is 5.41 Å². The third-order valence-electron chi connectivity index (χ3n) is 3.15. The lowest BCUT2D eigenvalue weighted by Crippen LogP contribution is -2.21. The van der Waals surface area contributed by atoms with E-state index in [1.165, 1.54) is 7.11 Å². The Morgan fingerprint density at radius 2 is 1.95 bits per heavy atom. The summed E-state index contributed by atoms with van der Waals surface area (Å²) in [5.41, 5.74) is 0.253. The Morgan fingerprint density at radius 1 is 1.24 bits per heavy atom. The van der Waals surface area contributed by atoms with E-state index in [0.717, 1.165) is 0 Å². The molecule has 1 aromatic heterocycles. The van der Waals surface area contributed by atoms with Gasteiger partial charge in [-0.05, 0) is 17.5 Å². The molecule has 0 saturated carbocycles. The molecule has 114 valence electrons. The highest BCUT2D eigenvalue weighted by molar-refractivity contribution is 5.66. The highest BCUT2D eigenvalue weighted by atomic mass is 16.5. The van der Waals surface area contributed by atoms with Gasteiger partial charge in [-0.15, -0.1) is 0 Å². The molecule has 2 rings (SSSR count). The minimum absolute atomic E-state index is 0.0278. The Morgan fingerprint density at radius 3 is 2.52 bits per heavy atom. The van der Waals surface area contributed by atoms with Crippen LogP contribution in [-0.2, 0) is 4.74 Å². The van der Waals surface area contributed by atoms with Crippen molar-refractivity contribution >= 4 is 0 Å². The molecule has 1 N–H and O–H groups in total. The fraction of sp³-hybridized carbons (Fsp3) is 0.467. The fourth-order valence-corrected chi connectivity index (χ4v) is 2.16. The number of ether oxygens (including phenoxy) is 2. The van der Waals surface area contributed by atoms with Crippen LogP contribution in [0.5, 0.6) is 11.5 Å². The molecule has 1 heterocycles. The number of phenols is 1. The summed E-state index contributed by atoms with van der Waals surface area (Å²) < 4.78 is 15.8. The van der Waals surface area contributed by atoms with E-state index in [2.05, 4.69) is 10.1 Å². The number of aromatic hydroxyl groups is 1. The molecule has 0 saturated heterocycles. The van der Waals surface area contributed by atoms with Crippen LogP contribution in [0.2, 0.25) is 0 Å². The summed E-state index contributed by atoms with van der Waals surface area (Å²) in [6.07, 6.45) is -0.303. The molecule has 1 atom stereocenters. The normalized spacial score (nSPS) is 13.2. The molecule has 1 unspecified atom stereocenters. The van der Waals surface area contributed by atoms with Crippen molar-refractivity contribution in [1.82, 2.24) is 10.1 Å². The molecule has 0 spiro atoms. The van der Waals surface area contributed by atoms with E-state index in [-0.39, 0.29) is 23.2 Å². The van der Waals surface area contributed by atoms with Crippen molar-refractivity contribution in [2.75, 3.05) is 14.2 Å². The van der Waals surface area contributed by atoms with Crippen molar-refractivity contribution in [1.29, 1.82) is 0 Å². The monoisotopic (exact) mass is 292 g/mol. The van der Waals surface area contributed by atoms with Gasteiger partial charge in [0, 0.05) is 7.11 Å². The minimum Gasteiger partial charge on any atom is -0.504 e. The minimum atomic E-state index is -0.303. The SMILES string of the molecule is COc1cccc(-c2nc(C(OC)C(C)(C)C)no2)c1O. The van der Waals surface area contributed by atoms with Gasteiger partial charge in [0.2, 0.25) is 5.82 Å². The molecule has 0 bridgehead atoms. The van der Waals surface area contributed by atoms with E-state index < -0.39 is 0 Å². The van der Waals surface area contributed by atoms with E-state index >= 15 is 0 Å². The lowest BCUT2D eigenvalue weighted by molar-refractivity contribution is 0.00718. The molecule has 0 fully saturated rings. The Balaban J connectivity index is 2.41. The summed E-state index contributed by atoms with van der Waals surface area (Å²) in [7, 11) is 3.09. The summed E-state index contributed by atoms with van der Waals surface area (Å²) in [4.78, 5) is 4.34. The van der Waals surface area contributed by atoms with Crippen LogP contribution >= 0.6 is 0 Å². The van der Waals surface area contributed by atoms with Crippen LogP contribution in [-0.4, -0.2) is 29.5 Å². The summed E-state index contributed by atoms with van der Waals surface area (Å²) in [6, 6.07) is 5.09. The van der Waals surface area contributed by atoms with Gasteiger partial charge in [0.15, 0.2) is 11.5 Å². The predicted molar refractivity (Wildman–Crippen MR) is 77.2 cm³/mol. The molecule has 0 aliphatic carbocycles. The first kappa shape index (κ1) is 15.3. The predicted octanol–water partition coefficient (Wildman–Crippen LogP) is 3.18. The van der Waals surface area contributed by atoms with E-state index in [4.69, 9.17) is 14.0 Å². The molecule has 6 nitrogen and oxygen atoms in total. The van der Waals surface area contributed by atoms with Gasteiger partial charge in [0.1, 0.15) is 6.10 Å². The number of nitrogens with zero attached hydrogens (tertiary/aromatic N) is 2. The maximum absolute atomic E-state index is 10.1. The molecule has 6 heteroatoms. The van der Waals surface area contributed by atoms with E-state index in [1.807, 2.05) is 20.8 Å². The van der Waals surface area contributed by atoms with Gasteiger partial charge < -0.3 is 19.1 Å². The third-order valence-corrected chi connectivity index (χ3v) is 3.15. The van der Waals surface area contributed by atoms with E-state index in [1.54, 1.807) is 25.3 Å². The fourth-order valence-electron chi connectivity index (χ4n) is 2.16. The highest BCUT2D eigenvalue weighted by Crippen LogP contribution is 2.38. The molecule has 21 heavy (non-hydrogen) atoms. The summed E-state index contributed by atoms with van der Waals surface area (Å²) >= 11 is 0. The van der Waals surface area contributed by atoms with Crippen LogP contribution in [0.15, 0.2) is 22.7 Å². The second kappa shape index (κ2) is 5.73. The third kappa shape index (κ3) is 3.00. The maximum atomic E-state index is 10.1. The number of hydrogen-bond donors (Lipinski definition) is 1. The van der Waals surface area contributed by atoms with Gasteiger partial charge >= 0.3 is 0 Å². The molecule has 0 aliphatic heterocycles. The summed E-state index contributed by atoms with van der Waals surface area (Å²) in [5, 5.41) is 14.1. The number of hydrogen-bond acceptors (Lipinski definition) is 6. The first-order chi connectivity index (χ1) is 9.88. The molecule has 2 aromatic rings. The lowest BCUT2D eigenvalue weighted by atomic mass is 9.88. The average Bonchev–Trinajstić information content (AvgIpc) is 2.87. The Labute approximate surface area is 123 Å². The van der Waals surface area contributed by atoms with E-state index in [9.17, 15) is 5.11 Å². The number of benzene rings is 1. The number of para-hydroxylation sites is 1. The van der Waals surface area contributed by atoms with Crippen molar-refractivity contribution in [3.8, 4) is 23.0 Å². The summed E-state index contributed by atoms with van der Waals surface area (Å²) in [5.74, 6) is 1.00. The van der Waals surface area contributed by atoms with Crippen molar-refractivity contribution in [3.05, 3.63) is 24.0 Å². The molecule has 1 aromatic carbocycles. The second-order valence-electron chi connectivity index (χ2n) is 5.80. The van der Waals surface area contributed by atoms with Gasteiger partial charge in [0.05, 0.1) is 12.7 Å². The topological polar surface area (TPSA) is 77.6 Å². The van der Waals surface area contributed by atoms with E-state index in [0.29, 0.717) is 17.1 Å².